The molecule has 0 unspecified atom stereocenters. The molecule has 4 aromatic rings. The Hall–Kier alpha value is -3.01. The van der Waals surface area contributed by atoms with Gasteiger partial charge in [0.05, 0.1) is 13.4 Å². The average molecular weight is 362 g/mol. The van der Waals surface area contributed by atoms with Gasteiger partial charge in [-0.25, -0.2) is 4.79 Å². The molecule has 138 valence electrons. The highest BCUT2D eigenvalue weighted by atomic mass is 16.5. The molecule has 4 nitrogen and oxygen atoms in total. The van der Waals surface area contributed by atoms with E-state index in [1.54, 1.807) is 13.2 Å². The highest BCUT2D eigenvalue weighted by Crippen LogP contribution is 2.39. The van der Waals surface area contributed by atoms with Crippen LogP contribution in [0, 0.1) is 6.92 Å². The van der Waals surface area contributed by atoms with Crippen LogP contribution in [-0.4, -0.2) is 7.11 Å². The first kappa shape index (κ1) is 17.4. The molecule has 0 aliphatic rings. The van der Waals surface area contributed by atoms with Gasteiger partial charge in [0.2, 0.25) is 0 Å². The molecule has 0 N–H and O–H groups in total. The van der Waals surface area contributed by atoms with Gasteiger partial charge >= 0.3 is 5.63 Å². The van der Waals surface area contributed by atoms with Crippen molar-refractivity contribution in [3.05, 3.63) is 64.2 Å². The molecule has 2 aromatic heterocycles. The number of hydrogen-bond donors (Lipinski definition) is 0. The maximum absolute atomic E-state index is 12.2. The molecule has 0 bridgehead atoms. The number of aryl methyl sites for hydroxylation is 1. The smallest absolute Gasteiger partial charge is 0.336 e. The summed E-state index contributed by atoms with van der Waals surface area (Å²) in [6, 6.07) is 11.3. The minimum Gasteiger partial charge on any atom is -0.497 e. The lowest BCUT2D eigenvalue weighted by molar-refractivity contribution is 0.415. The van der Waals surface area contributed by atoms with Crippen LogP contribution >= 0.6 is 0 Å². The first-order valence-electron chi connectivity index (χ1n) is 8.93. The molecule has 0 radical (unpaired) electrons. The number of furan rings is 1. The normalized spacial score (nSPS) is 12.0. The van der Waals surface area contributed by atoms with Gasteiger partial charge in [0, 0.05) is 28.0 Å². The molecule has 2 aromatic carbocycles. The fourth-order valence-corrected chi connectivity index (χ4v) is 3.56. The molecule has 0 amide bonds. The Morgan fingerprint density at radius 3 is 2.30 bits per heavy atom. The van der Waals surface area contributed by atoms with E-state index in [-0.39, 0.29) is 11.0 Å². The Morgan fingerprint density at radius 2 is 1.67 bits per heavy atom. The van der Waals surface area contributed by atoms with Gasteiger partial charge < -0.3 is 13.6 Å². The topological polar surface area (TPSA) is 52.6 Å². The summed E-state index contributed by atoms with van der Waals surface area (Å²) >= 11 is 0. The number of methoxy groups -OCH3 is 1. The molecule has 4 rings (SSSR count). The van der Waals surface area contributed by atoms with Gasteiger partial charge in [-0.05, 0) is 41.7 Å². The van der Waals surface area contributed by atoms with Gasteiger partial charge in [0.1, 0.15) is 16.9 Å². The molecule has 0 aliphatic heterocycles. The van der Waals surface area contributed by atoms with Crippen molar-refractivity contribution in [2.75, 3.05) is 7.11 Å². The molecule has 0 saturated carbocycles. The third-order valence-corrected chi connectivity index (χ3v) is 5.01. The van der Waals surface area contributed by atoms with Crippen molar-refractivity contribution in [1.82, 2.24) is 0 Å². The monoisotopic (exact) mass is 362 g/mol. The fraction of sp³-hybridized carbons (Fsp3) is 0.261. The summed E-state index contributed by atoms with van der Waals surface area (Å²) in [5.41, 5.74) is 4.65. The Balaban J connectivity index is 2.09. The number of ether oxygens (including phenoxy) is 1. The summed E-state index contributed by atoms with van der Waals surface area (Å²) < 4.78 is 16.7. The summed E-state index contributed by atoms with van der Waals surface area (Å²) in [5, 5.41) is 1.95. The van der Waals surface area contributed by atoms with E-state index in [4.69, 9.17) is 13.6 Å². The molecule has 27 heavy (non-hydrogen) atoms. The highest BCUT2D eigenvalue weighted by molar-refractivity contribution is 6.04. The zero-order valence-electron chi connectivity index (χ0n) is 16.2. The lowest BCUT2D eigenvalue weighted by Gasteiger charge is -2.17. The number of hydrogen-bond acceptors (Lipinski definition) is 4. The Labute approximate surface area is 157 Å². The first-order chi connectivity index (χ1) is 12.8. The van der Waals surface area contributed by atoms with Crippen LogP contribution in [0.3, 0.4) is 0 Å². The second kappa shape index (κ2) is 6.02. The van der Waals surface area contributed by atoms with Gasteiger partial charge in [-0.3, -0.25) is 0 Å². The zero-order valence-corrected chi connectivity index (χ0v) is 16.2. The molecule has 2 heterocycles. The van der Waals surface area contributed by atoms with E-state index in [0.717, 1.165) is 44.4 Å². The minimum atomic E-state index is -0.377. The second-order valence-corrected chi connectivity index (χ2v) is 7.86. The Kier molecular flexibility index (Phi) is 3.88. The molecular weight excluding hydrogens is 340 g/mol. The maximum Gasteiger partial charge on any atom is 0.336 e. The summed E-state index contributed by atoms with van der Waals surface area (Å²) in [7, 11) is 1.63. The van der Waals surface area contributed by atoms with Gasteiger partial charge in [0.15, 0.2) is 0 Å². The molecule has 0 spiro atoms. The highest BCUT2D eigenvalue weighted by Gasteiger charge is 2.23. The predicted molar refractivity (Wildman–Crippen MR) is 108 cm³/mol. The van der Waals surface area contributed by atoms with Crippen molar-refractivity contribution in [3.8, 4) is 16.9 Å². The summed E-state index contributed by atoms with van der Waals surface area (Å²) in [5.74, 6) is 0.773. The number of benzene rings is 2. The van der Waals surface area contributed by atoms with Gasteiger partial charge in [-0.2, -0.15) is 0 Å². The second-order valence-electron chi connectivity index (χ2n) is 7.86. The standard InChI is InChI=1S/C23H22O4/c1-13-21-18(19(12-26-21)23(2,3)4)10-17-16(11-20(24)27-22(13)17)14-6-8-15(25-5)9-7-14/h6-12H,1-5H3. The summed E-state index contributed by atoms with van der Waals surface area (Å²) in [6.45, 7) is 8.41. The van der Waals surface area contributed by atoms with Crippen molar-refractivity contribution >= 4 is 21.9 Å². The van der Waals surface area contributed by atoms with Gasteiger partial charge in [0.25, 0.3) is 0 Å². The average Bonchev–Trinajstić information content (AvgIpc) is 3.07. The number of fused-ring (bicyclic) bond motifs is 2. The van der Waals surface area contributed by atoms with Crippen molar-refractivity contribution < 1.29 is 13.6 Å². The van der Waals surface area contributed by atoms with Gasteiger partial charge in [-0.15, -0.1) is 0 Å². The maximum atomic E-state index is 12.2. The lowest BCUT2D eigenvalue weighted by atomic mass is 9.86. The molecule has 0 atom stereocenters. The minimum absolute atomic E-state index is 0.0543. The Morgan fingerprint density at radius 1 is 0.963 bits per heavy atom. The van der Waals surface area contributed by atoms with E-state index >= 15 is 0 Å². The predicted octanol–water partition coefficient (Wildman–Crippen LogP) is 5.82. The fourth-order valence-electron chi connectivity index (χ4n) is 3.56. The zero-order chi connectivity index (χ0) is 19.3. The van der Waals surface area contributed by atoms with Gasteiger partial charge in [-0.1, -0.05) is 32.9 Å². The van der Waals surface area contributed by atoms with Crippen LogP contribution in [0.5, 0.6) is 5.75 Å². The third kappa shape index (κ3) is 2.81. The van der Waals surface area contributed by atoms with Crippen LogP contribution < -0.4 is 10.4 Å². The van der Waals surface area contributed by atoms with Crippen molar-refractivity contribution in [1.29, 1.82) is 0 Å². The van der Waals surface area contributed by atoms with E-state index < -0.39 is 0 Å². The first-order valence-corrected chi connectivity index (χ1v) is 8.93. The molecule has 0 aliphatic carbocycles. The molecular formula is C23H22O4. The van der Waals surface area contributed by atoms with Crippen molar-refractivity contribution in [2.45, 2.75) is 33.1 Å². The third-order valence-electron chi connectivity index (χ3n) is 5.01. The van der Waals surface area contributed by atoms with E-state index in [1.807, 2.05) is 37.5 Å². The largest absolute Gasteiger partial charge is 0.497 e. The van der Waals surface area contributed by atoms with E-state index in [9.17, 15) is 4.79 Å². The molecule has 0 saturated heterocycles. The summed E-state index contributed by atoms with van der Waals surface area (Å²) in [4.78, 5) is 12.2. The Bertz CT molecular complexity index is 1200. The van der Waals surface area contributed by atoms with E-state index in [0.29, 0.717) is 5.58 Å². The van der Waals surface area contributed by atoms with Crippen LogP contribution in [0.1, 0.15) is 31.9 Å². The van der Waals surface area contributed by atoms with Crippen molar-refractivity contribution in [2.24, 2.45) is 0 Å². The SMILES string of the molecule is COc1ccc(-c2cc(=O)oc3c(C)c4occ(C(C)(C)C)c4cc23)cc1. The summed E-state index contributed by atoms with van der Waals surface area (Å²) in [6.07, 6.45) is 1.81. The molecule has 4 heteroatoms. The van der Waals surface area contributed by atoms with Crippen LogP contribution in [0.15, 0.2) is 56.3 Å². The van der Waals surface area contributed by atoms with Crippen LogP contribution in [0.2, 0.25) is 0 Å². The van der Waals surface area contributed by atoms with E-state index in [1.165, 1.54) is 0 Å². The van der Waals surface area contributed by atoms with E-state index in [2.05, 4.69) is 26.8 Å². The van der Waals surface area contributed by atoms with Crippen molar-refractivity contribution in [3.63, 3.8) is 0 Å². The van der Waals surface area contributed by atoms with Crippen LogP contribution in [0.25, 0.3) is 33.1 Å². The number of rotatable bonds is 2. The van der Waals surface area contributed by atoms with Crippen LogP contribution in [0.4, 0.5) is 0 Å². The quantitative estimate of drug-likeness (QED) is 0.422. The lowest BCUT2D eigenvalue weighted by Crippen LogP contribution is -2.10. The molecule has 0 fully saturated rings. The van der Waals surface area contributed by atoms with Crippen LogP contribution in [-0.2, 0) is 5.41 Å².